The van der Waals surface area contributed by atoms with Crippen molar-refractivity contribution in [2.24, 2.45) is 0 Å². The Morgan fingerprint density at radius 3 is 2.44 bits per heavy atom. The fraction of sp³-hybridized carbons (Fsp3) is 0.833. The SMILES string of the molecule is CN(C)C(=O)NCCNCC(=O)NC1CCCC1. The van der Waals surface area contributed by atoms with Crippen LogP contribution in [0.5, 0.6) is 0 Å². The summed E-state index contributed by atoms with van der Waals surface area (Å²) < 4.78 is 0. The molecule has 0 aromatic heterocycles. The standard InChI is InChI=1S/C12H24N4O2/c1-16(2)12(18)14-8-7-13-9-11(17)15-10-5-3-4-6-10/h10,13H,3-9H2,1-2H3,(H,14,18)(H,15,17). The Hall–Kier alpha value is -1.30. The Morgan fingerprint density at radius 2 is 1.83 bits per heavy atom. The summed E-state index contributed by atoms with van der Waals surface area (Å²) in [6.07, 6.45) is 4.64. The molecule has 1 fully saturated rings. The van der Waals surface area contributed by atoms with Crippen molar-refractivity contribution in [2.45, 2.75) is 31.7 Å². The summed E-state index contributed by atoms with van der Waals surface area (Å²) in [6.45, 7) is 1.43. The van der Waals surface area contributed by atoms with Gasteiger partial charge in [0.25, 0.3) is 0 Å². The lowest BCUT2D eigenvalue weighted by Gasteiger charge is -2.13. The van der Waals surface area contributed by atoms with Gasteiger partial charge in [0, 0.05) is 33.2 Å². The fourth-order valence-corrected chi connectivity index (χ4v) is 1.97. The minimum Gasteiger partial charge on any atom is -0.352 e. The van der Waals surface area contributed by atoms with Crippen LogP contribution in [0.3, 0.4) is 0 Å². The van der Waals surface area contributed by atoms with Crippen LogP contribution in [0.25, 0.3) is 0 Å². The average molecular weight is 256 g/mol. The molecule has 0 heterocycles. The zero-order chi connectivity index (χ0) is 13.4. The van der Waals surface area contributed by atoms with E-state index in [1.54, 1.807) is 14.1 Å². The molecule has 0 saturated heterocycles. The normalized spacial score (nSPS) is 15.4. The Bertz CT molecular complexity index is 275. The van der Waals surface area contributed by atoms with Crippen LogP contribution in [0, 0.1) is 0 Å². The van der Waals surface area contributed by atoms with E-state index < -0.39 is 0 Å². The van der Waals surface area contributed by atoms with Gasteiger partial charge in [0.15, 0.2) is 0 Å². The molecular weight excluding hydrogens is 232 g/mol. The van der Waals surface area contributed by atoms with Crippen molar-refractivity contribution in [1.29, 1.82) is 0 Å². The minimum absolute atomic E-state index is 0.0424. The number of nitrogens with one attached hydrogen (secondary N) is 3. The highest BCUT2D eigenvalue weighted by Gasteiger charge is 2.16. The minimum atomic E-state index is -0.118. The molecule has 6 nitrogen and oxygen atoms in total. The third kappa shape index (κ3) is 5.86. The number of rotatable bonds is 6. The van der Waals surface area contributed by atoms with Crippen molar-refractivity contribution in [3.05, 3.63) is 0 Å². The maximum absolute atomic E-state index is 11.5. The first-order chi connectivity index (χ1) is 8.59. The molecule has 0 bridgehead atoms. The van der Waals surface area contributed by atoms with Crippen LogP contribution in [0.4, 0.5) is 4.79 Å². The Balaban J connectivity index is 1.96. The summed E-state index contributed by atoms with van der Waals surface area (Å²) >= 11 is 0. The number of carbonyl (C=O) groups excluding carboxylic acids is 2. The predicted octanol–water partition coefficient (Wildman–Crippen LogP) is -0.0940. The molecule has 0 radical (unpaired) electrons. The second-order valence-corrected chi connectivity index (χ2v) is 4.85. The van der Waals surface area contributed by atoms with Gasteiger partial charge in [0.2, 0.25) is 5.91 Å². The molecule has 3 amide bonds. The van der Waals surface area contributed by atoms with Crippen LogP contribution in [0.1, 0.15) is 25.7 Å². The topological polar surface area (TPSA) is 73.5 Å². The van der Waals surface area contributed by atoms with E-state index in [4.69, 9.17) is 0 Å². The van der Waals surface area contributed by atoms with Gasteiger partial charge in [-0.1, -0.05) is 12.8 Å². The van der Waals surface area contributed by atoms with E-state index in [1.165, 1.54) is 17.7 Å². The van der Waals surface area contributed by atoms with Crippen molar-refractivity contribution in [2.75, 3.05) is 33.7 Å². The van der Waals surface area contributed by atoms with Gasteiger partial charge in [-0.2, -0.15) is 0 Å². The van der Waals surface area contributed by atoms with Gasteiger partial charge in [-0.15, -0.1) is 0 Å². The summed E-state index contributed by atoms with van der Waals surface area (Å²) in [7, 11) is 3.38. The second-order valence-electron chi connectivity index (χ2n) is 4.85. The van der Waals surface area contributed by atoms with Crippen LogP contribution in [-0.2, 0) is 4.79 Å². The van der Waals surface area contributed by atoms with Crippen LogP contribution in [-0.4, -0.2) is 56.6 Å². The molecule has 1 aliphatic rings. The predicted molar refractivity (Wildman–Crippen MR) is 70.4 cm³/mol. The van der Waals surface area contributed by atoms with Gasteiger partial charge in [0.05, 0.1) is 6.54 Å². The van der Waals surface area contributed by atoms with E-state index in [1.807, 2.05) is 0 Å². The Labute approximate surface area is 108 Å². The molecular formula is C12H24N4O2. The van der Waals surface area contributed by atoms with E-state index in [2.05, 4.69) is 16.0 Å². The lowest BCUT2D eigenvalue weighted by molar-refractivity contribution is -0.120. The molecule has 0 aromatic rings. The number of hydrogen-bond donors (Lipinski definition) is 3. The van der Waals surface area contributed by atoms with Crippen molar-refractivity contribution >= 4 is 11.9 Å². The monoisotopic (exact) mass is 256 g/mol. The summed E-state index contributed by atoms with van der Waals surface area (Å²) in [5.41, 5.74) is 0. The second kappa shape index (κ2) is 7.92. The molecule has 1 aliphatic carbocycles. The zero-order valence-corrected chi connectivity index (χ0v) is 11.3. The number of urea groups is 1. The quantitative estimate of drug-likeness (QED) is 0.581. The van der Waals surface area contributed by atoms with E-state index >= 15 is 0 Å². The summed E-state index contributed by atoms with van der Waals surface area (Å²) in [4.78, 5) is 24.2. The summed E-state index contributed by atoms with van der Waals surface area (Å²) in [5.74, 6) is 0.0424. The van der Waals surface area contributed by atoms with Crippen LogP contribution in [0.15, 0.2) is 0 Å². The van der Waals surface area contributed by atoms with Crippen LogP contribution < -0.4 is 16.0 Å². The zero-order valence-electron chi connectivity index (χ0n) is 11.3. The first-order valence-electron chi connectivity index (χ1n) is 6.55. The van der Waals surface area contributed by atoms with Crippen molar-refractivity contribution in [3.63, 3.8) is 0 Å². The fourth-order valence-electron chi connectivity index (χ4n) is 1.97. The third-order valence-electron chi connectivity index (χ3n) is 2.99. The Morgan fingerprint density at radius 1 is 1.17 bits per heavy atom. The molecule has 18 heavy (non-hydrogen) atoms. The van der Waals surface area contributed by atoms with Gasteiger partial charge in [0.1, 0.15) is 0 Å². The molecule has 0 aromatic carbocycles. The highest BCUT2D eigenvalue weighted by atomic mass is 16.2. The van der Waals surface area contributed by atoms with Gasteiger partial charge in [-0.05, 0) is 12.8 Å². The van der Waals surface area contributed by atoms with Gasteiger partial charge >= 0.3 is 6.03 Å². The number of carbonyl (C=O) groups is 2. The van der Waals surface area contributed by atoms with Gasteiger partial charge in [-0.3, -0.25) is 4.79 Å². The van der Waals surface area contributed by atoms with Gasteiger partial charge in [-0.25, -0.2) is 4.79 Å². The average Bonchev–Trinajstić information content (AvgIpc) is 2.80. The molecule has 1 saturated carbocycles. The van der Waals surface area contributed by atoms with E-state index in [0.29, 0.717) is 25.7 Å². The molecule has 0 unspecified atom stereocenters. The molecule has 3 N–H and O–H groups in total. The highest BCUT2D eigenvalue weighted by molar-refractivity contribution is 5.78. The summed E-state index contributed by atoms with van der Waals surface area (Å²) in [6, 6.07) is 0.250. The number of hydrogen-bond acceptors (Lipinski definition) is 3. The van der Waals surface area contributed by atoms with Crippen LogP contribution >= 0.6 is 0 Å². The molecule has 0 atom stereocenters. The number of amides is 3. The highest BCUT2D eigenvalue weighted by Crippen LogP contribution is 2.17. The first-order valence-corrected chi connectivity index (χ1v) is 6.55. The maximum Gasteiger partial charge on any atom is 0.316 e. The van der Waals surface area contributed by atoms with Crippen molar-refractivity contribution < 1.29 is 9.59 Å². The third-order valence-corrected chi connectivity index (χ3v) is 2.99. The smallest absolute Gasteiger partial charge is 0.316 e. The number of nitrogens with zero attached hydrogens (tertiary/aromatic N) is 1. The van der Waals surface area contributed by atoms with E-state index in [0.717, 1.165) is 12.8 Å². The molecule has 104 valence electrons. The lowest BCUT2D eigenvalue weighted by Crippen LogP contribution is -2.42. The maximum atomic E-state index is 11.5. The molecule has 6 heteroatoms. The largest absolute Gasteiger partial charge is 0.352 e. The van der Waals surface area contributed by atoms with E-state index in [-0.39, 0.29) is 11.9 Å². The molecule has 1 rings (SSSR count). The lowest BCUT2D eigenvalue weighted by atomic mass is 10.2. The Kier molecular flexibility index (Phi) is 6.49. The van der Waals surface area contributed by atoms with Crippen molar-refractivity contribution in [3.8, 4) is 0 Å². The molecule has 0 aliphatic heterocycles. The molecule has 0 spiro atoms. The van der Waals surface area contributed by atoms with E-state index in [9.17, 15) is 9.59 Å². The van der Waals surface area contributed by atoms with Gasteiger partial charge < -0.3 is 20.9 Å². The van der Waals surface area contributed by atoms with Crippen LogP contribution in [0.2, 0.25) is 0 Å². The first kappa shape index (κ1) is 14.8. The summed E-state index contributed by atoms with van der Waals surface area (Å²) in [5, 5.41) is 8.73. The van der Waals surface area contributed by atoms with Crippen molar-refractivity contribution in [1.82, 2.24) is 20.9 Å².